The summed E-state index contributed by atoms with van der Waals surface area (Å²) in [6, 6.07) is 0. The van der Waals surface area contributed by atoms with Crippen LogP contribution < -0.4 is 0 Å². The zero-order valence-electron chi connectivity index (χ0n) is 7.09. The number of hydrogen-bond donors (Lipinski definition) is 0. The fourth-order valence-corrected chi connectivity index (χ4v) is 1.37. The first kappa shape index (κ1) is 9.42. The Kier molecular flexibility index (Phi) is 3.00. The van der Waals surface area contributed by atoms with Crippen LogP contribution in [0.3, 0.4) is 0 Å². The van der Waals surface area contributed by atoms with E-state index >= 15 is 0 Å². The largest absolute Gasteiger partial charge is 0.338 e. The number of rotatable bonds is 1. The average Bonchev–Trinajstić information content (AvgIpc) is 2.04. The predicted molar refractivity (Wildman–Crippen MR) is 41.0 cm³/mol. The normalized spacial score (nSPS) is 20.2. The molecular weight excluding hydrogens is 164 g/mol. The van der Waals surface area contributed by atoms with Crippen molar-refractivity contribution >= 4 is 5.91 Å². The molecule has 2 nitrogen and oxygen atoms in total. The third-order valence-electron chi connectivity index (χ3n) is 2.28. The van der Waals surface area contributed by atoms with Crippen molar-refractivity contribution in [1.29, 1.82) is 0 Å². The predicted octanol–water partition coefficient (Wildman–Crippen LogP) is 1.51. The van der Waals surface area contributed by atoms with E-state index in [1.807, 2.05) is 0 Å². The van der Waals surface area contributed by atoms with E-state index in [0.717, 1.165) is 12.8 Å². The molecule has 0 unspecified atom stereocenters. The molecule has 0 aromatic rings. The van der Waals surface area contributed by atoms with Crippen LogP contribution in [0.4, 0.5) is 8.78 Å². The SMILES string of the molecule is CC1CCN(C(=O)C(F)F)CC1. The number of piperidine rings is 1. The molecule has 0 atom stereocenters. The number of alkyl halides is 2. The van der Waals surface area contributed by atoms with Crippen LogP contribution in [0.25, 0.3) is 0 Å². The lowest BCUT2D eigenvalue weighted by Crippen LogP contribution is -2.41. The summed E-state index contributed by atoms with van der Waals surface area (Å²) in [5.74, 6) is -0.450. The number of carbonyl (C=O) groups excluding carboxylic acids is 1. The molecule has 4 heteroatoms. The third-order valence-corrected chi connectivity index (χ3v) is 2.28. The Morgan fingerprint density at radius 2 is 1.92 bits per heavy atom. The zero-order valence-corrected chi connectivity index (χ0v) is 7.09. The molecule has 1 amide bonds. The maximum atomic E-state index is 11.9. The lowest BCUT2D eigenvalue weighted by atomic mass is 9.99. The fourth-order valence-electron chi connectivity index (χ4n) is 1.37. The van der Waals surface area contributed by atoms with Crippen LogP contribution in [-0.4, -0.2) is 30.3 Å². The van der Waals surface area contributed by atoms with Gasteiger partial charge in [0.2, 0.25) is 0 Å². The summed E-state index contributed by atoms with van der Waals surface area (Å²) in [4.78, 5) is 12.0. The molecule has 0 N–H and O–H groups in total. The van der Waals surface area contributed by atoms with Crippen molar-refractivity contribution in [3.63, 3.8) is 0 Å². The van der Waals surface area contributed by atoms with Crippen molar-refractivity contribution in [3.05, 3.63) is 0 Å². The minimum absolute atomic E-state index is 0.490. The van der Waals surface area contributed by atoms with E-state index in [1.165, 1.54) is 4.90 Å². The monoisotopic (exact) mass is 177 g/mol. The van der Waals surface area contributed by atoms with Gasteiger partial charge < -0.3 is 4.90 Å². The molecule has 0 spiro atoms. The highest BCUT2D eigenvalue weighted by atomic mass is 19.3. The second-order valence-corrected chi connectivity index (χ2v) is 3.31. The topological polar surface area (TPSA) is 20.3 Å². The summed E-state index contributed by atoms with van der Waals surface area (Å²) >= 11 is 0. The molecule has 0 saturated carbocycles. The van der Waals surface area contributed by atoms with E-state index in [9.17, 15) is 13.6 Å². The first-order chi connectivity index (χ1) is 5.61. The minimum Gasteiger partial charge on any atom is -0.338 e. The molecule has 12 heavy (non-hydrogen) atoms. The molecule has 1 aliphatic rings. The Morgan fingerprint density at radius 3 is 2.33 bits per heavy atom. The van der Waals surface area contributed by atoms with Gasteiger partial charge in [0, 0.05) is 13.1 Å². The molecule has 70 valence electrons. The van der Waals surface area contributed by atoms with Gasteiger partial charge in [-0.15, -0.1) is 0 Å². The summed E-state index contributed by atoms with van der Waals surface area (Å²) in [7, 11) is 0. The third kappa shape index (κ3) is 2.16. The highest BCUT2D eigenvalue weighted by molar-refractivity contribution is 5.79. The van der Waals surface area contributed by atoms with E-state index in [1.54, 1.807) is 0 Å². The van der Waals surface area contributed by atoms with Gasteiger partial charge in [0.25, 0.3) is 5.91 Å². The quantitative estimate of drug-likeness (QED) is 0.594. The number of halogens is 2. The van der Waals surface area contributed by atoms with E-state index in [0.29, 0.717) is 19.0 Å². The maximum Gasteiger partial charge on any atom is 0.315 e. The molecule has 1 fully saturated rings. The van der Waals surface area contributed by atoms with Crippen LogP contribution in [0.1, 0.15) is 19.8 Å². The fraction of sp³-hybridized carbons (Fsp3) is 0.875. The lowest BCUT2D eigenvalue weighted by molar-refractivity contribution is -0.144. The Labute approximate surface area is 70.5 Å². The van der Waals surface area contributed by atoms with Crippen LogP contribution in [0.5, 0.6) is 0 Å². The Morgan fingerprint density at radius 1 is 1.42 bits per heavy atom. The number of nitrogens with zero attached hydrogens (tertiary/aromatic N) is 1. The molecule has 0 aromatic heterocycles. The number of carbonyl (C=O) groups is 1. The molecule has 1 aliphatic heterocycles. The van der Waals surface area contributed by atoms with E-state index in [4.69, 9.17) is 0 Å². The number of hydrogen-bond acceptors (Lipinski definition) is 1. The van der Waals surface area contributed by atoms with Gasteiger partial charge in [0.05, 0.1) is 0 Å². The molecule has 0 aliphatic carbocycles. The van der Waals surface area contributed by atoms with Crippen molar-refractivity contribution in [1.82, 2.24) is 4.90 Å². The molecule has 0 bridgehead atoms. The zero-order chi connectivity index (χ0) is 9.14. The molecule has 0 aromatic carbocycles. The summed E-state index contributed by atoms with van der Waals surface area (Å²) in [6.07, 6.45) is -1.14. The smallest absolute Gasteiger partial charge is 0.315 e. The van der Waals surface area contributed by atoms with Gasteiger partial charge in [-0.2, -0.15) is 8.78 Å². The van der Waals surface area contributed by atoms with Crippen LogP contribution >= 0.6 is 0 Å². The van der Waals surface area contributed by atoms with Gasteiger partial charge in [-0.1, -0.05) is 6.92 Å². The molecule has 0 radical (unpaired) electrons. The molecular formula is C8H13F2NO. The Bertz CT molecular complexity index is 164. The van der Waals surface area contributed by atoms with Crippen molar-refractivity contribution in [2.45, 2.75) is 26.2 Å². The first-order valence-electron chi connectivity index (χ1n) is 4.18. The Hall–Kier alpha value is -0.670. The van der Waals surface area contributed by atoms with E-state index in [-0.39, 0.29) is 0 Å². The van der Waals surface area contributed by atoms with Gasteiger partial charge in [-0.05, 0) is 18.8 Å². The van der Waals surface area contributed by atoms with Crippen molar-refractivity contribution in [2.75, 3.05) is 13.1 Å². The number of likely N-dealkylation sites (tertiary alicyclic amines) is 1. The maximum absolute atomic E-state index is 11.9. The molecule has 1 rings (SSSR count). The highest BCUT2D eigenvalue weighted by Crippen LogP contribution is 2.17. The van der Waals surface area contributed by atoms with Crippen LogP contribution in [0, 0.1) is 5.92 Å². The lowest BCUT2D eigenvalue weighted by Gasteiger charge is -2.29. The van der Waals surface area contributed by atoms with Crippen LogP contribution in [-0.2, 0) is 4.79 Å². The molecule has 1 heterocycles. The summed E-state index contributed by atoms with van der Waals surface area (Å²) in [5.41, 5.74) is 0. The highest BCUT2D eigenvalue weighted by Gasteiger charge is 2.26. The Balaban J connectivity index is 2.39. The van der Waals surface area contributed by atoms with E-state index in [2.05, 4.69) is 6.92 Å². The van der Waals surface area contributed by atoms with Crippen molar-refractivity contribution in [3.8, 4) is 0 Å². The van der Waals surface area contributed by atoms with Gasteiger partial charge in [0.1, 0.15) is 0 Å². The van der Waals surface area contributed by atoms with Gasteiger partial charge in [-0.3, -0.25) is 4.79 Å². The summed E-state index contributed by atoms with van der Waals surface area (Å²) in [5, 5.41) is 0. The van der Waals surface area contributed by atoms with Crippen LogP contribution in [0.15, 0.2) is 0 Å². The molecule has 1 saturated heterocycles. The van der Waals surface area contributed by atoms with Gasteiger partial charge >= 0.3 is 6.43 Å². The van der Waals surface area contributed by atoms with E-state index < -0.39 is 12.3 Å². The second-order valence-electron chi connectivity index (χ2n) is 3.31. The standard InChI is InChI=1S/C8H13F2NO/c1-6-2-4-11(5-3-6)8(12)7(9)10/h6-7H,2-5H2,1H3. The summed E-state index contributed by atoms with van der Waals surface area (Å²) in [6.45, 7) is 3.05. The average molecular weight is 177 g/mol. The first-order valence-corrected chi connectivity index (χ1v) is 4.18. The van der Waals surface area contributed by atoms with Gasteiger partial charge in [-0.25, -0.2) is 0 Å². The van der Waals surface area contributed by atoms with Crippen LogP contribution in [0.2, 0.25) is 0 Å². The van der Waals surface area contributed by atoms with Gasteiger partial charge in [0.15, 0.2) is 0 Å². The minimum atomic E-state index is -2.83. The second kappa shape index (κ2) is 3.83. The summed E-state index contributed by atoms with van der Waals surface area (Å²) < 4.78 is 23.8. The van der Waals surface area contributed by atoms with Crippen molar-refractivity contribution in [2.24, 2.45) is 5.92 Å². The van der Waals surface area contributed by atoms with Crippen molar-refractivity contribution < 1.29 is 13.6 Å². The number of amides is 1.